The first-order valence-electron chi connectivity index (χ1n) is 7.62. The maximum Gasteiger partial charge on any atom is 0.289 e. The van der Waals surface area contributed by atoms with Crippen LogP contribution in [0.25, 0.3) is 11.0 Å². The number of nitrogens with zero attached hydrogens (tertiary/aromatic N) is 3. The molecule has 130 valence electrons. The zero-order valence-corrected chi connectivity index (χ0v) is 14.0. The zero-order valence-electron chi connectivity index (χ0n) is 13.2. The number of para-hydroxylation sites is 1. The minimum absolute atomic E-state index is 0.168. The molecule has 0 saturated carbocycles. The van der Waals surface area contributed by atoms with E-state index in [9.17, 15) is 18.5 Å². The van der Waals surface area contributed by atoms with Crippen LogP contribution in [-0.2, 0) is 16.6 Å². The number of nitro benzene ring substituents is 1. The van der Waals surface area contributed by atoms with Crippen LogP contribution in [0.2, 0.25) is 0 Å². The third-order valence-corrected chi connectivity index (χ3v) is 5.25. The van der Waals surface area contributed by atoms with Crippen LogP contribution in [0.3, 0.4) is 0 Å². The average molecular weight is 360 g/mol. The van der Waals surface area contributed by atoms with Crippen LogP contribution < -0.4 is 4.72 Å². The van der Waals surface area contributed by atoms with Crippen LogP contribution >= 0.6 is 0 Å². The SMILES string of the molecule is O=[N+]([O-])c1ccccc1S(=O)(=O)NCCCn1ccc2cccnc21. The summed E-state index contributed by atoms with van der Waals surface area (Å²) in [6.45, 7) is 0.751. The first kappa shape index (κ1) is 17.1. The van der Waals surface area contributed by atoms with Crippen molar-refractivity contribution in [3.63, 3.8) is 0 Å². The Kier molecular flexibility index (Phi) is 4.77. The van der Waals surface area contributed by atoms with Crippen molar-refractivity contribution in [2.75, 3.05) is 6.54 Å². The smallest absolute Gasteiger partial charge is 0.289 e. The average Bonchev–Trinajstić information content (AvgIpc) is 3.02. The Bertz CT molecular complexity index is 1010. The molecule has 8 nitrogen and oxygen atoms in total. The molecule has 0 bridgehead atoms. The number of benzene rings is 1. The van der Waals surface area contributed by atoms with Crippen LogP contribution in [0.4, 0.5) is 5.69 Å². The number of sulfonamides is 1. The second-order valence-electron chi connectivity index (χ2n) is 5.40. The largest absolute Gasteiger partial charge is 0.332 e. The van der Waals surface area contributed by atoms with Crippen LogP contribution in [0.1, 0.15) is 6.42 Å². The molecule has 0 unspecified atom stereocenters. The van der Waals surface area contributed by atoms with Gasteiger partial charge in [0, 0.05) is 36.9 Å². The summed E-state index contributed by atoms with van der Waals surface area (Å²) in [5.74, 6) is 0. The van der Waals surface area contributed by atoms with Gasteiger partial charge < -0.3 is 4.57 Å². The van der Waals surface area contributed by atoms with E-state index in [4.69, 9.17) is 0 Å². The van der Waals surface area contributed by atoms with E-state index in [0.717, 1.165) is 11.0 Å². The normalized spacial score (nSPS) is 11.7. The van der Waals surface area contributed by atoms with E-state index in [1.54, 1.807) is 6.20 Å². The quantitative estimate of drug-likeness (QED) is 0.395. The van der Waals surface area contributed by atoms with E-state index in [1.165, 1.54) is 24.3 Å². The van der Waals surface area contributed by atoms with Gasteiger partial charge in [-0.15, -0.1) is 0 Å². The highest BCUT2D eigenvalue weighted by atomic mass is 32.2. The highest BCUT2D eigenvalue weighted by molar-refractivity contribution is 7.89. The predicted octanol–water partition coefficient (Wildman–Crippen LogP) is 2.31. The fraction of sp³-hybridized carbons (Fsp3) is 0.188. The number of nitro groups is 1. The Morgan fingerprint density at radius 1 is 1.16 bits per heavy atom. The summed E-state index contributed by atoms with van der Waals surface area (Å²) < 4.78 is 28.9. The van der Waals surface area contributed by atoms with Gasteiger partial charge in [0.1, 0.15) is 5.65 Å². The molecule has 0 aliphatic carbocycles. The molecule has 0 fully saturated rings. The molecule has 25 heavy (non-hydrogen) atoms. The van der Waals surface area contributed by atoms with Gasteiger partial charge in [-0.25, -0.2) is 18.1 Å². The second-order valence-corrected chi connectivity index (χ2v) is 7.14. The summed E-state index contributed by atoms with van der Waals surface area (Å²) in [4.78, 5) is 14.2. The number of nitrogens with one attached hydrogen (secondary N) is 1. The zero-order chi connectivity index (χ0) is 17.9. The number of rotatable bonds is 7. The van der Waals surface area contributed by atoms with Crippen LogP contribution in [0.15, 0.2) is 59.8 Å². The van der Waals surface area contributed by atoms with Crippen molar-refractivity contribution in [2.24, 2.45) is 0 Å². The number of fused-ring (bicyclic) bond motifs is 1. The molecule has 0 atom stereocenters. The minimum atomic E-state index is -3.94. The van der Waals surface area contributed by atoms with E-state index < -0.39 is 20.6 Å². The summed E-state index contributed by atoms with van der Waals surface area (Å²) in [7, 11) is -3.94. The van der Waals surface area contributed by atoms with Crippen molar-refractivity contribution in [3.8, 4) is 0 Å². The molecular weight excluding hydrogens is 344 g/mol. The Labute approximate surface area is 144 Å². The highest BCUT2D eigenvalue weighted by Gasteiger charge is 2.24. The van der Waals surface area contributed by atoms with Crippen molar-refractivity contribution < 1.29 is 13.3 Å². The molecule has 0 amide bonds. The van der Waals surface area contributed by atoms with Crippen molar-refractivity contribution in [1.82, 2.24) is 14.3 Å². The lowest BCUT2D eigenvalue weighted by Gasteiger charge is -2.08. The maximum atomic E-state index is 12.3. The molecule has 0 radical (unpaired) electrons. The molecule has 1 aromatic carbocycles. The lowest BCUT2D eigenvalue weighted by Crippen LogP contribution is -2.26. The van der Waals surface area contributed by atoms with Gasteiger partial charge >= 0.3 is 0 Å². The monoisotopic (exact) mass is 360 g/mol. The van der Waals surface area contributed by atoms with Crippen molar-refractivity contribution in [2.45, 2.75) is 17.9 Å². The molecule has 9 heteroatoms. The fourth-order valence-corrected chi connectivity index (χ4v) is 3.81. The van der Waals surface area contributed by atoms with Crippen LogP contribution in [-0.4, -0.2) is 29.4 Å². The van der Waals surface area contributed by atoms with Gasteiger partial charge in [-0.3, -0.25) is 10.1 Å². The van der Waals surface area contributed by atoms with E-state index in [1.807, 2.05) is 29.0 Å². The van der Waals surface area contributed by atoms with Gasteiger partial charge in [0.2, 0.25) is 10.0 Å². The molecule has 3 rings (SSSR count). The minimum Gasteiger partial charge on any atom is -0.332 e. The Hall–Kier alpha value is -2.78. The molecule has 0 aliphatic heterocycles. The van der Waals surface area contributed by atoms with E-state index >= 15 is 0 Å². The fourth-order valence-electron chi connectivity index (χ4n) is 2.57. The molecule has 2 aromatic heterocycles. The van der Waals surface area contributed by atoms with Crippen LogP contribution in [0, 0.1) is 10.1 Å². The topological polar surface area (TPSA) is 107 Å². The number of hydrogen-bond acceptors (Lipinski definition) is 5. The summed E-state index contributed by atoms with van der Waals surface area (Å²) >= 11 is 0. The number of aryl methyl sites for hydroxylation is 1. The van der Waals surface area contributed by atoms with E-state index in [-0.39, 0.29) is 11.4 Å². The van der Waals surface area contributed by atoms with Crippen molar-refractivity contribution in [1.29, 1.82) is 0 Å². The molecule has 0 spiro atoms. The standard InChI is InChI=1S/C16H16N4O4S/c21-20(22)14-6-1-2-7-15(14)25(23,24)18-10-4-11-19-12-8-13-5-3-9-17-16(13)19/h1-3,5-9,12,18H,4,10-11H2. The summed E-state index contributed by atoms with van der Waals surface area (Å²) in [6, 6.07) is 11.0. The van der Waals surface area contributed by atoms with Crippen molar-refractivity contribution in [3.05, 3.63) is 65.0 Å². The molecule has 1 N–H and O–H groups in total. The Balaban J connectivity index is 1.65. The first-order valence-corrected chi connectivity index (χ1v) is 9.10. The Morgan fingerprint density at radius 3 is 2.76 bits per heavy atom. The molecule has 0 aliphatic rings. The van der Waals surface area contributed by atoms with Gasteiger partial charge in [0.25, 0.3) is 5.69 Å². The molecule has 2 heterocycles. The van der Waals surface area contributed by atoms with E-state index in [2.05, 4.69) is 9.71 Å². The molecule has 3 aromatic rings. The molecule has 0 saturated heterocycles. The van der Waals surface area contributed by atoms with E-state index in [0.29, 0.717) is 13.0 Å². The summed E-state index contributed by atoms with van der Waals surface area (Å²) in [6.07, 6.45) is 4.13. The van der Waals surface area contributed by atoms with Crippen LogP contribution in [0.5, 0.6) is 0 Å². The number of hydrogen-bond donors (Lipinski definition) is 1. The predicted molar refractivity (Wildman–Crippen MR) is 92.6 cm³/mol. The third-order valence-electron chi connectivity index (χ3n) is 3.74. The van der Waals surface area contributed by atoms with Gasteiger partial charge in [-0.2, -0.15) is 0 Å². The highest BCUT2D eigenvalue weighted by Crippen LogP contribution is 2.22. The molecular formula is C16H16N4O4S. The Morgan fingerprint density at radius 2 is 1.96 bits per heavy atom. The summed E-state index contributed by atoms with van der Waals surface area (Å²) in [5.41, 5.74) is 0.402. The first-order chi connectivity index (χ1) is 12.0. The lowest BCUT2D eigenvalue weighted by molar-refractivity contribution is -0.387. The van der Waals surface area contributed by atoms with Gasteiger partial charge in [-0.05, 0) is 30.7 Å². The number of pyridine rings is 1. The summed E-state index contributed by atoms with van der Waals surface area (Å²) in [5, 5.41) is 12.0. The van der Waals surface area contributed by atoms with Crippen molar-refractivity contribution >= 4 is 26.7 Å². The van der Waals surface area contributed by atoms with Gasteiger partial charge in [-0.1, -0.05) is 12.1 Å². The third kappa shape index (κ3) is 3.67. The lowest BCUT2D eigenvalue weighted by atomic mass is 10.3. The maximum absolute atomic E-state index is 12.3. The van der Waals surface area contributed by atoms with Gasteiger partial charge in [0.05, 0.1) is 4.92 Å². The second kappa shape index (κ2) is 6.99. The van der Waals surface area contributed by atoms with Gasteiger partial charge in [0.15, 0.2) is 4.90 Å². The number of aromatic nitrogens is 2.